The number of carbonyl (C=O) groups is 2. The van der Waals surface area contributed by atoms with Gasteiger partial charge in [-0.05, 0) is 39.2 Å². The molecule has 1 aromatic carbocycles. The average Bonchev–Trinajstić information content (AvgIpc) is 2.98. The molecule has 1 aromatic rings. The molecule has 30 heavy (non-hydrogen) atoms. The first-order valence-electron chi connectivity index (χ1n) is 11.3. The van der Waals surface area contributed by atoms with Crippen molar-refractivity contribution in [1.29, 1.82) is 0 Å². The molecule has 0 aliphatic carbocycles. The second-order valence-corrected chi connectivity index (χ2v) is 10.0. The fourth-order valence-electron chi connectivity index (χ4n) is 4.71. The number of benzene rings is 1. The lowest BCUT2D eigenvalue weighted by molar-refractivity contribution is -0.136. The molecular formula is C24H38N4O2. The highest BCUT2D eigenvalue weighted by Crippen LogP contribution is 2.40. The van der Waals surface area contributed by atoms with Gasteiger partial charge in [-0.3, -0.25) is 10.1 Å². The van der Waals surface area contributed by atoms with E-state index in [1.807, 2.05) is 43.9 Å². The minimum Gasteiger partial charge on any atom is -0.333 e. The first-order chi connectivity index (χ1) is 14.1. The van der Waals surface area contributed by atoms with Crippen molar-refractivity contribution in [2.75, 3.05) is 13.1 Å². The Morgan fingerprint density at radius 3 is 2.33 bits per heavy atom. The number of nitrogens with zero attached hydrogens (tertiary/aromatic N) is 2. The molecule has 3 atom stereocenters. The van der Waals surface area contributed by atoms with Crippen molar-refractivity contribution in [1.82, 2.24) is 20.4 Å². The Labute approximate surface area is 181 Å². The monoisotopic (exact) mass is 414 g/mol. The van der Waals surface area contributed by atoms with Gasteiger partial charge in [-0.15, -0.1) is 0 Å². The lowest BCUT2D eigenvalue weighted by Crippen LogP contribution is -2.61. The average molecular weight is 415 g/mol. The molecule has 3 amide bonds. The molecular weight excluding hydrogens is 376 g/mol. The quantitative estimate of drug-likeness (QED) is 0.785. The van der Waals surface area contributed by atoms with Gasteiger partial charge in [0.1, 0.15) is 0 Å². The summed E-state index contributed by atoms with van der Waals surface area (Å²) < 4.78 is 0. The Morgan fingerprint density at radius 1 is 1.20 bits per heavy atom. The number of rotatable bonds is 4. The zero-order valence-electron chi connectivity index (χ0n) is 19.4. The van der Waals surface area contributed by atoms with Gasteiger partial charge in [0.25, 0.3) is 0 Å². The van der Waals surface area contributed by atoms with Crippen molar-refractivity contribution in [2.45, 2.75) is 84.1 Å². The standard InChI is InChI=1S/C24H38N4O2/c1-7-17(2)20-21(29)28(18(3)19-11-9-8-10-12-19)24(25-20)13-15-27(16-14-24)22(30)26-23(4,5)6/h8-12,17-18,20,25H,7,13-16H2,1-6H3,(H,26,30)/t17-,18+,20-/m0/s1. The van der Waals surface area contributed by atoms with Crippen LogP contribution in [0, 0.1) is 5.92 Å². The molecule has 0 radical (unpaired) electrons. The van der Waals surface area contributed by atoms with Crippen LogP contribution in [-0.4, -0.2) is 52.1 Å². The summed E-state index contributed by atoms with van der Waals surface area (Å²) >= 11 is 0. The highest BCUT2D eigenvalue weighted by Gasteiger charge is 2.54. The van der Waals surface area contributed by atoms with Gasteiger partial charge in [-0.1, -0.05) is 50.6 Å². The Hall–Kier alpha value is -2.08. The number of piperidine rings is 1. The Kier molecular flexibility index (Phi) is 6.46. The summed E-state index contributed by atoms with van der Waals surface area (Å²) in [6.45, 7) is 13.6. The highest BCUT2D eigenvalue weighted by molar-refractivity contribution is 5.86. The minimum atomic E-state index is -0.404. The van der Waals surface area contributed by atoms with E-state index in [1.54, 1.807) is 0 Å². The van der Waals surface area contributed by atoms with Gasteiger partial charge >= 0.3 is 6.03 Å². The number of carbonyl (C=O) groups excluding carboxylic acids is 2. The maximum absolute atomic E-state index is 13.6. The lowest BCUT2D eigenvalue weighted by atomic mass is 9.93. The predicted octanol–water partition coefficient (Wildman–Crippen LogP) is 3.89. The van der Waals surface area contributed by atoms with E-state index < -0.39 is 5.66 Å². The van der Waals surface area contributed by atoms with Crippen LogP contribution in [0.3, 0.4) is 0 Å². The van der Waals surface area contributed by atoms with Crippen LogP contribution in [-0.2, 0) is 4.79 Å². The maximum Gasteiger partial charge on any atom is 0.317 e. The molecule has 2 aliphatic heterocycles. The van der Waals surface area contributed by atoms with E-state index in [-0.39, 0.29) is 35.5 Å². The Bertz CT molecular complexity index is 750. The van der Waals surface area contributed by atoms with E-state index in [0.717, 1.165) is 24.8 Å². The molecule has 166 valence electrons. The molecule has 6 heteroatoms. The molecule has 0 aromatic heterocycles. The minimum absolute atomic E-state index is 0.0183. The number of hydrogen-bond donors (Lipinski definition) is 2. The highest BCUT2D eigenvalue weighted by atomic mass is 16.2. The SMILES string of the molecule is CC[C@H](C)[C@@H]1NC2(CCN(C(=O)NC(C)(C)C)CC2)N([C@H](C)c2ccccc2)C1=O. The molecule has 2 aliphatic rings. The van der Waals surface area contributed by atoms with Crippen molar-refractivity contribution in [3.63, 3.8) is 0 Å². The van der Waals surface area contributed by atoms with Crippen molar-refractivity contribution in [3.8, 4) is 0 Å². The van der Waals surface area contributed by atoms with E-state index in [9.17, 15) is 9.59 Å². The third-order valence-electron chi connectivity index (χ3n) is 6.63. The molecule has 3 rings (SSSR count). The van der Waals surface area contributed by atoms with Crippen LogP contribution in [0.5, 0.6) is 0 Å². The van der Waals surface area contributed by atoms with Crippen molar-refractivity contribution in [3.05, 3.63) is 35.9 Å². The first-order valence-corrected chi connectivity index (χ1v) is 11.3. The van der Waals surface area contributed by atoms with Crippen molar-refractivity contribution >= 4 is 11.9 Å². The van der Waals surface area contributed by atoms with Gasteiger partial charge < -0.3 is 15.1 Å². The molecule has 0 unspecified atom stereocenters. The second kappa shape index (κ2) is 8.58. The van der Waals surface area contributed by atoms with Gasteiger partial charge in [0, 0.05) is 31.5 Å². The van der Waals surface area contributed by atoms with Crippen LogP contribution < -0.4 is 10.6 Å². The molecule has 2 heterocycles. The predicted molar refractivity (Wildman–Crippen MR) is 120 cm³/mol. The Morgan fingerprint density at radius 2 is 1.80 bits per heavy atom. The van der Waals surface area contributed by atoms with E-state index >= 15 is 0 Å². The van der Waals surface area contributed by atoms with Crippen LogP contribution in [0.2, 0.25) is 0 Å². The summed E-state index contributed by atoms with van der Waals surface area (Å²) in [5, 5.41) is 6.79. The fourth-order valence-corrected chi connectivity index (χ4v) is 4.71. The molecule has 1 spiro atoms. The zero-order chi connectivity index (χ0) is 22.1. The van der Waals surface area contributed by atoms with Gasteiger partial charge in [0.15, 0.2) is 0 Å². The van der Waals surface area contributed by atoms with Crippen molar-refractivity contribution < 1.29 is 9.59 Å². The van der Waals surface area contributed by atoms with Gasteiger partial charge in [-0.2, -0.15) is 0 Å². The molecule has 2 fully saturated rings. The number of hydrogen-bond acceptors (Lipinski definition) is 3. The summed E-state index contributed by atoms with van der Waals surface area (Å²) in [5.41, 5.74) is 0.479. The number of nitrogens with one attached hydrogen (secondary N) is 2. The van der Waals surface area contributed by atoms with Crippen LogP contribution in [0.4, 0.5) is 4.79 Å². The third kappa shape index (κ3) is 4.48. The molecule has 6 nitrogen and oxygen atoms in total. The van der Waals surface area contributed by atoms with E-state index in [0.29, 0.717) is 13.1 Å². The normalized spacial score (nSPS) is 23.5. The van der Waals surface area contributed by atoms with Crippen molar-refractivity contribution in [2.24, 2.45) is 5.92 Å². The van der Waals surface area contributed by atoms with Crippen LogP contribution in [0.25, 0.3) is 0 Å². The summed E-state index contributed by atoms with van der Waals surface area (Å²) in [4.78, 5) is 30.2. The molecule has 2 saturated heterocycles. The van der Waals surface area contributed by atoms with E-state index in [2.05, 4.69) is 48.4 Å². The largest absolute Gasteiger partial charge is 0.333 e. The number of urea groups is 1. The number of amides is 3. The van der Waals surface area contributed by atoms with Crippen LogP contribution >= 0.6 is 0 Å². The second-order valence-electron chi connectivity index (χ2n) is 10.0. The van der Waals surface area contributed by atoms with Crippen LogP contribution in [0.15, 0.2) is 30.3 Å². The summed E-state index contributed by atoms with van der Waals surface area (Å²) in [7, 11) is 0. The Balaban J connectivity index is 1.83. The van der Waals surface area contributed by atoms with E-state index in [1.165, 1.54) is 0 Å². The zero-order valence-corrected chi connectivity index (χ0v) is 19.4. The van der Waals surface area contributed by atoms with Crippen LogP contribution in [0.1, 0.15) is 72.4 Å². The summed E-state index contributed by atoms with van der Waals surface area (Å²) in [6.07, 6.45) is 2.42. The molecule has 2 N–H and O–H groups in total. The van der Waals surface area contributed by atoms with Gasteiger partial charge in [0.2, 0.25) is 5.91 Å². The lowest BCUT2D eigenvalue weighted by Gasteiger charge is -2.47. The summed E-state index contributed by atoms with van der Waals surface area (Å²) in [6, 6.07) is 10.0. The topological polar surface area (TPSA) is 64.7 Å². The molecule has 0 saturated carbocycles. The fraction of sp³-hybridized carbons (Fsp3) is 0.667. The van der Waals surface area contributed by atoms with Gasteiger partial charge in [0.05, 0.1) is 17.7 Å². The first kappa shape index (κ1) is 22.6. The third-order valence-corrected chi connectivity index (χ3v) is 6.63. The molecule has 0 bridgehead atoms. The maximum atomic E-state index is 13.6. The van der Waals surface area contributed by atoms with Gasteiger partial charge in [-0.25, -0.2) is 4.79 Å². The number of likely N-dealkylation sites (tertiary alicyclic amines) is 1. The summed E-state index contributed by atoms with van der Waals surface area (Å²) in [5.74, 6) is 0.456. The van der Waals surface area contributed by atoms with E-state index in [4.69, 9.17) is 0 Å². The smallest absolute Gasteiger partial charge is 0.317 e.